The van der Waals surface area contributed by atoms with Crippen LogP contribution in [0.25, 0.3) is 10.3 Å². The van der Waals surface area contributed by atoms with Crippen molar-refractivity contribution in [2.75, 3.05) is 0 Å². The molecule has 68 valence electrons. The van der Waals surface area contributed by atoms with Crippen molar-refractivity contribution in [3.63, 3.8) is 0 Å². The van der Waals surface area contributed by atoms with Crippen LogP contribution in [-0.4, -0.2) is 9.97 Å². The van der Waals surface area contributed by atoms with Gasteiger partial charge < -0.3 is 0 Å². The second kappa shape index (κ2) is 3.60. The lowest BCUT2D eigenvalue weighted by Crippen LogP contribution is -1.79. The minimum atomic E-state index is 0.698. The third kappa shape index (κ3) is 1.67. The number of aryl methyl sites for hydroxylation is 1. The summed E-state index contributed by atoms with van der Waals surface area (Å²) in [5.41, 5.74) is 0.845. The number of fused-ring (bicyclic) bond motifs is 1. The van der Waals surface area contributed by atoms with Gasteiger partial charge in [-0.05, 0) is 18.9 Å². The van der Waals surface area contributed by atoms with E-state index in [2.05, 4.69) is 16.9 Å². The van der Waals surface area contributed by atoms with Crippen molar-refractivity contribution in [3.05, 3.63) is 22.3 Å². The second-order valence-electron chi connectivity index (χ2n) is 2.80. The Morgan fingerprint density at radius 2 is 2.38 bits per heavy atom. The lowest BCUT2D eigenvalue weighted by atomic mass is 10.3. The van der Waals surface area contributed by atoms with Crippen LogP contribution in [0.15, 0.2) is 12.3 Å². The molecule has 0 fully saturated rings. The quantitative estimate of drug-likeness (QED) is 0.764. The molecule has 0 aromatic carbocycles. The highest BCUT2D eigenvalue weighted by molar-refractivity contribution is 7.18. The fourth-order valence-corrected chi connectivity index (χ4v) is 2.44. The van der Waals surface area contributed by atoms with Crippen LogP contribution >= 0.6 is 22.9 Å². The summed E-state index contributed by atoms with van der Waals surface area (Å²) in [6.07, 6.45) is 3.84. The van der Waals surface area contributed by atoms with Crippen LogP contribution < -0.4 is 0 Å². The van der Waals surface area contributed by atoms with Crippen LogP contribution in [-0.2, 0) is 6.42 Å². The zero-order chi connectivity index (χ0) is 9.26. The Kier molecular flexibility index (Phi) is 2.47. The molecule has 13 heavy (non-hydrogen) atoms. The monoisotopic (exact) mass is 212 g/mol. The number of hydrogen-bond acceptors (Lipinski definition) is 3. The van der Waals surface area contributed by atoms with Gasteiger partial charge in [-0.15, -0.1) is 0 Å². The predicted molar refractivity (Wildman–Crippen MR) is 56.4 cm³/mol. The summed E-state index contributed by atoms with van der Waals surface area (Å²) in [7, 11) is 0. The third-order valence-corrected chi connectivity index (χ3v) is 3.08. The van der Waals surface area contributed by atoms with E-state index in [1.165, 1.54) is 0 Å². The molecule has 2 nitrogen and oxygen atoms in total. The molecule has 0 saturated heterocycles. The standard InChI is InChI=1S/C9H9ClN2S/c1-2-3-7-12-8-6(10)4-5-11-9(8)13-7/h4-5H,2-3H2,1H3. The lowest BCUT2D eigenvalue weighted by molar-refractivity contribution is 0.913. The van der Waals surface area contributed by atoms with Crippen LogP contribution in [0.5, 0.6) is 0 Å². The van der Waals surface area contributed by atoms with Crippen molar-refractivity contribution in [1.29, 1.82) is 0 Å². The number of pyridine rings is 1. The molecule has 0 atom stereocenters. The topological polar surface area (TPSA) is 25.8 Å². The highest BCUT2D eigenvalue weighted by Crippen LogP contribution is 2.26. The Morgan fingerprint density at radius 1 is 1.54 bits per heavy atom. The molecule has 2 aromatic heterocycles. The fourth-order valence-electron chi connectivity index (χ4n) is 1.17. The first-order valence-corrected chi connectivity index (χ1v) is 5.40. The van der Waals surface area contributed by atoms with Gasteiger partial charge in [-0.3, -0.25) is 0 Å². The van der Waals surface area contributed by atoms with E-state index in [9.17, 15) is 0 Å². The van der Waals surface area contributed by atoms with Gasteiger partial charge in [0, 0.05) is 6.20 Å². The SMILES string of the molecule is CCCc1nc2c(Cl)ccnc2s1. The normalized spacial score (nSPS) is 10.9. The van der Waals surface area contributed by atoms with Crippen LogP contribution in [0.3, 0.4) is 0 Å². The molecule has 0 aliphatic rings. The molecule has 2 aromatic rings. The average molecular weight is 213 g/mol. The van der Waals surface area contributed by atoms with E-state index >= 15 is 0 Å². The Labute approximate surface area is 85.6 Å². The molecule has 2 rings (SSSR count). The second-order valence-corrected chi connectivity index (χ2v) is 4.27. The van der Waals surface area contributed by atoms with Gasteiger partial charge in [0.05, 0.1) is 10.0 Å². The summed E-state index contributed by atoms with van der Waals surface area (Å²) in [5.74, 6) is 0. The minimum Gasteiger partial charge on any atom is -0.244 e. The Balaban J connectivity index is 2.55. The van der Waals surface area contributed by atoms with Crippen molar-refractivity contribution in [3.8, 4) is 0 Å². The minimum absolute atomic E-state index is 0.698. The van der Waals surface area contributed by atoms with Crippen LogP contribution in [0.4, 0.5) is 0 Å². The third-order valence-electron chi connectivity index (χ3n) is 1.76. The number of aromatic nitrogens is 2. The average Bonchev–Trinajstić information content (AvgIpc) is 2.49. The molecule has 2 heterocycles. The Hall–Kier alpha value is -0.670. The van der Waals surface area contributed by atoms with Crippen LogP contribution in [0, 0.1) is 0 Å². The Morgan fingerprint density at radius 3 is 3.08 bits per heavy atom. The largest absolute Gasteiger partial charge is 0.244 e. The van der Waals surface area contributed by atoms with Gasteiger partial charge in [0.2, 0.25) is 0 Å². The van der Waals surface area contributed by atoms with E-state index in [1.54, 1.807) is 23.6 Å². The number of thiazole rings is 1. The smallest absolute Gasteiger partial charge is 0.144 e. The molecule has 0 saturated carbocycles. The number of halogens is 1. The van der Waals surface area contributed by atoms with E-state index in [-0.39, 0.29) is 0 Å². The summed E-state index contributed by atoms with van der Waals surface area (Å²) >= 11 is 7.60. The van der Waals surface area contributed by atoms with Crippen molar-refractivity contribution in [2.24, 2.45) is 0 Å². The number of hydrogen-bond donors (Lipinski definition) is 0. The highest BCUT2D eigenvalue weighted by Gasteiger charge is 2.06. The highest BCUT2D eigenvalue weighted by atomic mass is 35.5. The molecule has 0 amide bonds. The van der Waals surface area contributed by atoms with Gasteiger partial charge >= 0.3 is 0 Å². The van der Waals surface area contributed by atoms with Crippen molar-refractivity contribution < 1.29 is 0 Å². The van der Waals surface area contributed by atoms with Gasteiger partial charge in [0.15, 0.2) is 0 Å². The zero-order valence-electron chi connectivity index (χ0n) is 7.25. The van der Waals surface area contributed by atoms with E-state index in [4.69, 9.17) is 11.6 Å². The van der Waals surface area contributed by atoms with E-state index < -0.39 is 0 Å². The Bertz CT molecular complexity index is 424. The van der Waals surface area contributed by atoms with Crippen LogP contribution in [0.1, 0.15) is 18.4 Å². The van der Waals surface area contributed by atoms with Crippen molar-refractivity contribution in [2.45, 2.75) is 19.8 Å². The van der Waals surface area contributed by atoms with Gasteiger partial charge in [0.25, 0.3) is 0 Å². The van der Waals surface area contributed by atoms with Crippen molar-refractivity contribution in [1.82, 2.24) is 9.97 Å². The van der Waals surface area contributed by atoms with Gasteiger partial charge in [-0.2, -0.15) is 0 Å². The van der Waals surface area contributed by atoms with Crippen molar-refractivity contribution >= 4 is 33.3 Å². The first-order chi connectivity index (χ1) is 6.31. The zero-order valence-corrected chi connectivity index (χ0v) is 8.82. The summed E-state index contributed by atoms with van der Waals surface area (Å²) in [6.45, 7) is 2.14. The summed E-state index contributed by atoms with van der Waals surface area (Å²) in [5, 5.41) is 1.82. The molecule has 0 N–H and O–H groups in total. The van der Waals surface area contributed by atoms with Gasteiger partial charge in [-0.1, -0.05) is 29.9 Å². The molecule has 0 aliphatic heterocycles. The molecule has 0 radical (unpaired) electrons. The maximum atomic E-state index is 5.97. The van der Waals surface area contributed by atoms with E-state index in [0.717, 1.165) is 28.2 Å². The summed E-state index contributed by atoms with van der Waals surface area (Å²) in [4.78, 5) is 9.58. The van der Waals surface area contributed by atoms with Gasteiger partial charge in [-0.25, -0.2) is 9.97 Å². The fraction of sp³-hybridized carbons (Fsp3) is 0.333. The first-order valence-electron chi connectivity index (χ1n) is 4.21. The van der Waals surface area contributed by atoms with Gasteiger partial charge in [0.1, 0.15) is 10.3 Å². The molecule has 0 unspecified atom stereocenters. The predicted octanol–water partition coefficient (Wildman–Crippen LogP) is 3.30. The van der Waals surface area contributed by atoms with E-state index in [1.807, 2.05) is 0 Å². The molecule has 0 bridgehead atoms. The maximum Gasteiger partial charge on any atom is 0.144 e. The molecule has 0 spiro atoms. The molecular weight excluding hydrogens is 204 g/mol. The number of rotatable bonds is 2. The first kappa shape index (κ1) is 8.91. The molecule has 4 heteroatoms. The lowest BCUT2D eigenvalue weighted by Gasteiger charge is -1.87. The van der Waals surface area contributed by atoms with E-state index in [0.29, 0.717) is 5.02 Å². The molecular formula is C9H9ClN2S. The molecule has 0 aliphatic carbocycles. The van der Waals surface area contributed by atoms with Crippen LogP contribution in [0.2, 0.25) is 5.02 Å². The maximum absolute atomic E-state index is 5.97. The summed E-state index contributed by atoms with van der Waals surface area (Å²) in [6, 6.07) is 1.78. The number of nitrogens with zero attached hydrogens (tertiary/aromatic N) is 2. The summed E-state index contributed by atoms with van der Waals surface area (Å²) < 4.78 is 0.